The van der Waals surface area contributed by atoms with Crippen molar-refractivity contribution >= 4 is 17.3 Å². The van der Waals surface area contributed by atoms with Crippen LogP contribution in [0.2, 0.25) is 5.15 Å². The van der Waals surface area contributed by atoms with Crippen molar-refractivity contribution in [2.45, 2.75) is 25.5 Å². The third kappa shape index (κ3) is 1.95. The van der Waals surface area contributed by atoms with Gasteiger partial charge in [-0.2, -0.15) is 5.10 Å². The fraction of sp³-hybridized carbons (Fsp3) is 0.625. The van der Waals surface area contributed by atoms with Gasteiger partial charge in [0.25, 0.3) is 0 Å². The molecule has 82 valence electrons. The monoisotopic (exact) mass is 231 g/mol. The number of aromatic nitrogens is 2. The second kappa shape index (κ2) is 4.16. The molecule has 1 saturated heterocycles. The van der Waals surface area contributed by atoms with Gasteiger partial charge in [-0.25, -0.2) is 4.68 Å². The highest BCUT2D eigenvalue weighted by Crippen LogP contribution is 2.30. The van der Waals surface area contributed by atoms with Gasteiger partial charge in [-0.1, -0.05) is 11.6 Å². The average Bonchev–Trinajstić information content (AvgIpc) is 2.61. The van der Waals surface area contributed by atoms with Crippen molar-refractivity contribution in [1.82, 2.24) is 9.78 Å². The molecular weight excluding hydrogens is 222 g/mol. The summed E-state index contributed by atoms with van der Waals surface area (Å²) in [7, 11) is 0. The van der Waals surface area contributed by atoms with Gasteiger partial charge in [0, 0.05) is 6.61 Å². The van der Waals surface area contributed by atoms with Crippen molar-refractivity contribution in [3.63, 3.8) is 0 Å². The van der Waals surface area contributed by atoms with Crippen LogP contribution in [0.15, 0.2) is 6.20 Å². The van der Waals surface area contributed by atoms with E-state index in [0.717, 1.165) is 25.5 Å². The molecule has 0 N–H and O–H groups in total. The third-order valence-corrected chi connectivity index (χ3v) is 2.71. The molecule has 1 aromatic rings. The van der Waals surface area contributed by atoms with Crippen LogP contribution in [0.3, 0.4) is 0 Å². The second-order valence-electron chi connectivity index (χ2n) is 3.34. The Bertz CT molecular complexity index is 373. The van der Waals surface area contributed by atoms with Crippen LogP contribution in [0.1, 0.15) is 25.5 Å². The van der Waals surface area contributed by atoms with Crippen LogP contribution in [-0.4, -0.2) is 21.3 Å². The maximum Gasteiger partial charge on any atom is 0.325 e. The van der Waals surface area contributed by atoms with Gasteiger partial charge in [0.2, 0.25) is 5.15 Å². The molecule has 0 saturated carbocycles. The fourth-order valence-electron chi connectivity index (χ4n) is 1.58. The van der Waals surface area contributed by atoms with E-state index in [-0.39, 0.29) is 17.1 Å². The van der Waals surface area contributed by atoms with Gasteiger partial charge in [0.15, 0.2) is 6.23 Å². The second-order valence-corrected chi connectivity index (χ2v) is 3.70. The van der Waals surface area contributed by atoms with Crippen LogP contribution in [-0.2, 0) is 4.74 Å². The van der Waals surface area contributed by atoms with E-state index in [4.69, 9.17) is 16.3 Å². The minimum Gasteiger partial charge on any atom is -0.356 e. The molecule has 0 aliphatic carbocycles. The number of halogens is 1. The molecule has 2 heterocycles. The van der Waals surface area contributed by atoms with E-state index < -0.39 is 4.92 Å². The maximum absolute atomic E-state index is 10.5. The molecule has 1 atom stereocenters. The molecular formula is C8H10ClN3O3. The average molecular weight is 232 g/mol. The predicted octanol–water partition coefficient (Wildman–Crippen LogP) is 2.14. The van der Waals surface area contributed by atoms with Gasteiger partial charge in [-0.05, 0) is 19.3 Å². The Kier molecular flexibility index (Phi) is 2.88. The lowest BCUT2D eigenvalue weighted by atomic mass is 10.2. The zero-order valence-corrected chi connectivity index (χ0v) is 8.68. The van der Waals surface area contributed by atoms with Crippen LogP contribution >= 0.6 is 11.6 Å². The van der Waals surface area contributed by atoms with Gasteiger partial charge >= 0.3 is 5.69 Å². The minimum atomic E-state index is -0.547. The zero-order chi connectivity index (χ0) is 10.8. The van der Waals surface area contributed by atoms with Gasteiger partial charge in [0.1, 0.15) is 6.20 Å². The van der Waals surface area contributed by atoms with Gasteiger partial charge in [-0.3, -0.25) is 10.1 Å². The summed E-state index contributed by atoms with van der Waals surface area (Å²) in [5.74, 6) is 0. The van der Waals surface area contributed by atoms with E-state index in [1.165, 1.54) is 4.68 Å². The van der Waals surface area contributed by atoms with Crippen molar-refractivity contribution in [2.75, 3.05) is 6.61 Å². The Hall–Kier alpha value is -1.14. The smallest absolute Gasteiger partial charge is 0.325 e. The molecule has 0 unspecified atom stereocenters. The van der Waals surface area contributed by atoms with E-state index in [9.17, 15) is 10.1 Å². The predicted molar refractivity (Wildman–Crippen MR) is 52.7 cm³/mol. The normalized spacial score (nSPS) is 21.5. The Morgan fingerprint density at radius 2 is 2.47 bits per heavy atom. The number of nitrogens with zero attached hydrogens (tertiary/aromatic N) is 3. The number of ether oxygens (including phenoxy) is 1. The highest BCUT2D eigenvalue weighted by atomic mass is 35.5. The Balaban J connectivity index is 2.24. The molecule has 0 aromatic carbocycles. The summed E-state index contributed by atoms with van der Waals surface area (Å²) in [6.07, 6.45) is 3.71. The van der Waals surface area contributed by atoms with E-state index in [1.54, 1.807) is 0 Å². The summed E-state index contributed by atoms with van der Waals surface area (Å²) in [5, 5.41) is 14.5. The first kappa shape index (κ1) is 10.4. The Labute approximate surface area is 90.9 Å². The summed E-state index contributed by atoms with van der Waals surface area (Å²) >= 11 is 5.83. The van der Waals surface area contributed by atoms with Crippen molar-refractivity contribution < 1.29 is 9.66 Å². The van der Waals surface area contributed by atoms with Gasteiger partial charge in [0.05, 0.1) is 4.92 Å². The van der Waals surface area contributed by atoms with E-state index >= 15 is 0 Å². The lowest BCUT2D eigenvalue weighted by molar-refractivity contribution is -0.384. The molecule has 0 spiro atoms. The fourth-order valence-corrected chi connectivity index (χ4v) is 1.85. The molecule has 0 amide bonds. The van der Waals surface area contributed by atoms with Gasteiger partial charge < -0.3 is 4.74 Å². The van der Waals surface area contributed by atoms with Crippen LogP contribution in [0.25, 0.3) is 0 Å². The topological polar surface area (TPSA) is 70.2 Å². The first-order valence-corrected chi connectivity index (χ1v) is 5.07. The van der Waals surface area contributed by atoms with Crippen molar-refractivity contribution in [1.29, 1.82) is 0 Å². The quantitative estimate of drug-likeness (QED) is 0.578. The minimum absolute atomic E-state index is 0.0342. The molecule has 0 radical (unpaired) electrons. The molecule has 1 aliphatic rings. The lowest BCUT2D eigenvalue weighted by Crippen LogP contribution is -2.19. The summed E-state index contributed by atoms with van der Waals surface area (Å²) < 4.78 is 6.81. The summed E-state index contributed by atoms with van der Waals surface area (Å²) in [5.41, 5.74) is -0.175. The largest absolute Gasteiger partial charge is 0.356 e. The highest BCUT2D eigenvalue weighted by Gasteiger charge is 2.25. The molecule has 2 rings (SSSR count). The summed E-state index contributed by atoms with van der Waals surface area (Å²) in [6, 6.07) is 0. The molecule has 7 heteroatoms. The van der Waals surface area contributed by atoms with Crippen LogP contribution in [0.5, 0.6) is 0 Å². The van der Waals surface area contributed by atoms with Crippen molar-refractivity contribution in [3.8, 4) is 0 Å². The van der Waals surface area contributed by atoms with Crippen LogP contribution < -0.4 is 0 Å². The van der Waals surface area contributed by atoms with Crippen molar-refractivity contribution in [3.05, 3.63) is 21.5 Å². The first-order chi connectivity index (χ1) is 7.20. The van der Waals surface area contributed by atoms with E-state index in [1.807, 2.05) is 0 Å². The van der Waals surface area contributed by atoms with E-state index in [2.05, 4.69) is 5.10 Å². The van der Waals surface area contributed by atoms with Crippen LogP contribution in [0.4, 0.5) is 5.69 Å². The molecule has 1 fully saturated rings. The van der Waals surface area contributed by atoms with E-state index in [0.29, 0.717) is 6.61 Å². The third-order valence-electron chi connectivity index (χ3n) is 2.34. The lowest BCUT2D eigenvalue weighted by Gasteiger charge is -2.22. The summed E-state index contributed by atoms with van der Waals surface area (Å²) in [4.78, 5) is 10.00. The standard InChI is InChI=1S/C8H10ClN3O3/c9-8-6(12(13)14)5-10-11(8)7-3-1-2-4-15-7/h5,7H,1-4H2/t7-/m1/s1. The van der Waals surface area contributed by atoms with Crippen molar-refractivity contribution in [2.24, 2.45) is 0 Å². The SMILES string of the molecule is O=[N+]([O-])c1cnn([C@H]2CCCCO2)c1Cl. The molecule has 15 heavy (non-hydrogen) atoms. The molecule has 1 aliphatic heterocycles. The zero-order valence-electron chi connectivity index (χ0n) is 7.93. The Morgan fingerprint density at radius 3 is 3.00 bits per heavy atom. The van der Waals surface area contributed by atoms with Crippen LogP contribution in [0, 0.1) is 10.1 Å². The Morgan fingerprint density at radius 1 is 1.67 bits per heavy atom. The number of rotatable bonds is 2. The number of hydrogen-bond acceptors (Lipinski definition) is 4. The summed E-state index contributed by atoms with van der Waals surface area (Å²) in [6.45, 7) is 0.647. The number of hydrogen-bond donors (Lipinski definition) is 0. The molecule has 1 aromatic heterocycles. The molecule has 0 bridgehead atoms. The first-order valence-electron chi connectivity index (χ1n) is 4.69. The highest BCUT2D eigenvalue weighted by molar-refractivity contribution is 6.31. The van der Waals surface area contributed by atoms with Gasteiger partial charge in [-0.15, -0.1) is 0 Å². The molecule has 6 nitrogen and oxygen atoms in total. The number of nitro groups is 1. The maximum atomic E-state index is 10.5.